The average Bonchev–Trinajstić information content (AvgIpc) is 2.80. The van der Waals surface area contributed by atoms with Crippen molar-refractivity contribution in [3.8, 4) is 0 Å². The fourth-order valence-electron chi connectivity index (χ4n) is 4.38. The second kappa shape index (κ2) is 11.3. The molecule has 9 heteroatoms. The standard InChI is InChI=1S/C25H28Br3N5O/c1-33(2)22-13-23(31-21-6-4-3-5-18(21)22)30-17-9-7-15(8-10-17)14-29-25(34)32-24-19(27)11-16(26)12-20(24)28/h3-6,11-13,15,17H,7-10,14H2,1-2H3,(H,30,31)(H2,29,32,34)/t15-,17+. The van der Waals surface area contributed by atoms with Gasteiger partial charge in [0.25, 0.3) is 0 Å². The Hall–Kier alpha value is -1.84. The van der Waals surface area contributed by atoms with Gasteiger partial charge in [0, 0.05) is 57.2 Å². The van der Waals surface area contributed by atoms with Gasteiger partial charge >= 0.3 is 6.03 Å². The first kappa shape index (κ1) is 25.3. The molecule has 4 rings (SSSR count). The van der Waals surface area contributed by atoms with Gasteiger partial charge in [-0.05, 0) is 81.7 Å². The largest absolute Gasteiger partial charge is 0.377 e. The molecular formula is C25H28Br3N5O. The number of urea groups is 1. The zero-order chi connectivity index (χ0) is 24.2. The van der Waals surface area contributed by atoms with Crippen molar-refractivity contribution in [2.75, 3.05) is 36.2 Å². The molecule has 0 atom stereocenters. The lowest BCUT2D eigenvalue weighted by atomic mass is 9.86. The molecule has 1 saturated carbocycles. The van der Waals surface area contributed by atoms with Crippen LogP contribution < -0.4 is 20.9 Å². The van der Waals surface area contributed by atoms with Crippen LogP contribution in [0.5, 0.6) is 0 Å². The van der Waals surface area contributed by atoms with E-state index >= 15 is 0 Å². The first-order valence-corrected chi connectivity index (χ1v) is 13.7. The maximum Gasteiger partial charge on any atom is 0.319 e. The summed E-state index contributed by atoms with van der Waals surface area (Å²) in [6.07, 6.45) is 4.25. The molecule has 1 heterocycles. The number of halogens is 3. The number of nitrogens with one attached hydrogen (secondary N) is 3. The summed E-state index contributed by atoms with van der Waals surface area (Å²) in [6.45, 7) is 0.670. The van der Waals surface area contributed by atoms with Gasteiger partial charge in [0.2, 0.25) is 0 Å². The SMILES string of the molecule is CN(C)c1cc(N[C@H]2CC[C@@H](CNC(=O)Nc3c(Br)cc(Br)cc3Br)CC2)nc2ccccc12. The molecule has 0 radical (unpaired) electrons. The minimum Gasteiger partial charge on any atom is -0.377 e. The number of fused-ring (bicyclic) bond motifs is 1. The van der Waals surface area contributed by atoms with E-state index in [1.54, 1.807) is 0 Å². The highest BCUT2D eigenvalue weighted by Crippen LogP contribution is 2.34. The monoisotopic (exact) mass is 651 g/mol. The number of rotatable bonds is 6. The number of hydrogen-bond donors (Lipinski definition) is 3. The van der Waals surface area contributed by atoms with Gasteiger partial charge in [-0.3, -0.25) is 0 Å². The number of amides is 2. The van der Waals surface area contributed by atoms with E-state index in [2.05, 4.69) is 107 Å². The number of carbonyl (C=O) groups excluding carboxylic acids is 1. The van der Waals surface area contributed by atoms with E-state index in [4.69, 9.17) is 4.98 Å². The molecule has 1 aromatic heterocycles. The first-order valence-electron chi connectivity index (χ1n) is 11.3. The van der Waals surface area contributed by atoms with Crippen LogP contribution in [0.4, 0.5) is 22.0 Å². The lowest BCUT2D eigenvalue weighted by Gasteiger charge is -2.30. The van der Waals surface area contributed by atoms with Crippen LogP contribution in [0.15, 0.2) is 55.9 Å². The van der Waals surface area contributed by atoms with Crippen LogP contribution in [-0.4, -0.2) is 37.7 Å². The molecule has 6 nitrogen and oxygen atoms in total. The molecule has 180 valence electrons. The zero-order valence-corrected chi connectivity index (χ0v) is 23.9. The van der Waals surface area contributed by atoms with Crippen molar-refractivity contribution in [2.24, 2.45) is 5.92 Å². The van der Waals surface area contributed by atoms with Crippen molar-refractivity contribution >= 4 is 81.9 Å². The first-order chi connectivity index (χ1) is 16.3. The average molecular weight is 654 g/mol. The van der Waals surface area contributed by atoms with Gasteiger partial charge in [-0.1, -0.05) is 34.1 Å². The molecule has 34 heavy (non-hydrogen) atoms. The van der Waals surface area contributed by atoms with Crippen LogP contribution in [0.25, 0.3) is 10.9 Å². The van der Waals surface area contributed by atoms with E-state index in [9.17, 15) is 4.79 Å². The summed E-state index contributed by atoms with van der Waals surface area (Å²) in [5, 5.41) is 10.8. The van der Waals surface area contributed by atoms with Crippen LogP contribution in [0.3, 0.4) is 0 Å². The molecule has 0 spiro atoms. The number of carbonyl (C=O) groups is 1. The normalized spacial score (nSPS) is 17.9. The predicted molar refractivity (Wildman–Crippen MR) is 152 cm³/mol. The predicted octanol–water partition coefficient (Wildman–Crippen LogP) is 7.38. The molecule has 0 unspecified atom stereocenters. The lowest BCUT2D eigenvalue weighted by Crippen LogP contribution is -2.36. The van der Waals surface area contributed by atoms with Crippen molar-refractivity contribution < 1.29 is 4.79 Å². The highest BCUT2D eigenvalue weighted by Gasteiger charge is 2.22. The summed E-state index contributed by atoms with van der Waals surface area (Å²) in [6, 6.07) is 14.4. The Morgan fingerprint density at radius 3 is 2.38 bits per heavy atom. The quantitative estimate of drug-likeness (QED) is 0.260. The summed E-state index contributed by atoms with van der Waals surface area (Å²) in [5.41, 5.74) is 2.89. The molecule has 1 aliphatic rings. The Labute approximate surface area is 225 Å². The van der Waals surface area contributed by atoms with Gasteiger partial charge in [-0.2, -0.15) is 0 Å². The third-order valence-corrected chi connectivity index (χ3v) is 7.88. The fraction of sp³-hybridized carbons (Fsp3) is 0.360. The zero-order valence-electron chi connectivity index (χ0n) is 19.2. The van der Waals surface area contributed by atoms with E-state index in [1.165, 1.54) is 5.69 Å². The molecule has 0 aliphatic heterocycles. The Kier molecular flexibility index (Phi) is 8.37. The number of hydrogen-bond acceptors (Lipinski definition) is 4. The minimum atomic E-state index is -0.194. The fourth-order valence-corrected chi connectivity index (χ4v) is 6.83. The molecule has 2 amide bonds. The number of para-hydroxylation sites is 1. The minimum absolute atomic E-state index is 0.194. The third kappa shape index (κ3) is 6.23. The summed E-state index contributed by atoms with van der Waals surface area (Å²) in [7, 11) is 4.13. The molecule has 3 N–H and O–H groups in total. The Morgan fingerprint density at radius 2 is 1.71 bits per heavy atom. The van der Waals surface area contributed by atoms with Crippen LogP contribution >= 0.6 is 47.8 Å². The van der Waals surface area contributed by atoms with Gasteiger partial charge in [-0.15, -0.1) is 0 Å². The Morgan fingerprint density at radius 1 is 1.03 bits per heavy atom. The number of benzene rings is 2. The Bertz CT molecular complexity index is 1160. The smallest absolute Gasteiger partial charge is 0.319 e. The number of aromatic nitrogens is 1. The molecular weight excluding hydrogens is 626 g/mol. The van der Waals surface area contributed by atoms with Crippen molar-refractivity contribution in [3.05, 3.63) is 55.9 Å². The number of anilines is 3. The van der Waals surface area contributed by atoms with E-state index in [-0.39, 0.29) is 6.03 Å². The highest BCUT2D eigenvalue weighted by atomic mass is 79.9. The second-order valence-electron chi connectivity index (χ2n) is 8.88. The molecule has 0 bridgehead atoms. The molecule has 3 aromatic rings. The van der Waals surface area contributed by atoms with Gasteiger partial charge in [0.05, 0.1) is 11.2 Å². The number of nitrogens with zero attached hydrogens (tertiary/aromatic N) is 2. The van der Waals surface area contributed by atoms with Gasteiger partial charge < -0.3 is 20.9 Å². The van der Waals surface area contributed by atoms with Crippen molar-refractivity contribution in [2.45, 2.75) is 31.7 Å². The van der Waals surface area contributed by atoms with E-state index in [0.717, 1.165) is 55.8 Å². The maximum atomic E-state index is 12.4. The summed E-state index contributed by atoms with van der Waals surface area (Å²) >= 11 is 10.4. The van der Waals surface area contributed by atoms with Crippen LogP contribution in [0.1, 0.15) is 25.7 Å². The summed E-state index contributed by atoms with van der Waals surface area (Å²) in [4.78, 5) is 19.4. The third-order valence-electron chi connectivity index (χ3n) is 6.17. The van der Waals surface area contributed by atoms with Gasteiger partial charge in [-0.25, -0.2) is 9.78 Å². The van der Waals surface area contributed by atoms with E-state index in [0.29, 0.717) is 24.2 Å². The van der Waals surface area contributed by atoms with Crippen molar-refractivity contribution in [3.63, 3.8) is 0 Å². The van der Waals surface area contributed by atoms with Gasteiger partial charge in [0.1, 0.15) is 5.82 Å². The van der Waals surface area contributed by atoms with Crippen LogP contribution in [0, 0.1) is 5.92 Å². The topological polar surface area (TPSA) is 69.3 Å². The molecule has 1 fully saturated rings. The molecule has 1 aliphatic carbocycles. The maximum absolute atomic E-state index is 12.4. The number of pyridine rings is 1. The van der Waals surface area contributed by atoms with E-state index in [1.807, 2.05) is 18.2 Å². The van der Waals surface area contributed by atoms with Crippen molar-refractivity contribution in [1.29, 1.82) is 0 Å². The molecule has 2 aromatic carbocycles. The lowest BCUT2D eigenvalue weighted by molar-refractivity contribution is 0.246. The summed E-state index contributed by atoms with van der Waals surface area (Å²) in [5.74, 6) is 1.40. The Balaban J connectivity index is 1.28. The summed E-state index contributed by atoms with van der Waals surface area (Å²) < 4.78 is 2.56. The van der Waals surface area contributed by atoms with E-state index < -0.39 is 0 Å². The molecule has 0 saturated heterocycles. The highest BCUT2D eigenvalue weighted by molar-refractivity contribution is 9.11. The second-order valence-corrected chi connectivity index (χ2v) is 11.5. The van der Waals surface area contributed by atoms with Crippen LogP contribution in [0.2, 0.25) is 0 Å². The van der Waals surface area contributed by atoms with Crippen LogP contribution in [-0.2, 0) is 0 Å². The van der Waals surface area contributed by atoms with Crippen molar-refractivity contribution in [1.82, 2.24) is 10.3 Å². The van der Waals surface area contributed by atoms with Gasteiger partial charge in [0.15, 0.2) is 0 Å².